The predicted octanol–water partition coefficient (Wildman–Crippen LogP) is 3.09. The molecule has 2 aromatic rings. The van der Waals surface area contributed by atoms with Crippen molar-refractivity contribution < 1.29 is 0 Å². The van der Waals surface area contributed by atoms with Crippen molar-refractivity contribution in [2.75, 3.05) is 17.7 Å². The smallest absolute Gasteiger partial charge is 0.101 e. The number of nitrogens with two attached hydrogens (primary N) is 1. The molecule has 0 aliphatic heterocycles. The standard InChI is InChI=1S/C16H17N3/c1-12-3-6-14(10-17)16(9-12)19(2)11-13-4-7-15(18)8-5-13/h3-9H,11,18H2,1-2H3. The van der Waals surface area contributed by atoms with E-state index in [1.807, 2.05) is 56.4 Å². The van der Waals surface area contributed by atoms with Gasteiger partial charge in [0.15, 0.2) is 0 Å². The van der Waals surface area contributed by atoms with E-state index in [0.29, 0.717) is 5.56 Å². The largest absolute Gasteiger partial charge is 0.399 e. The summed E-state index contributed by atoms with van der Waals surface area (Å²) in [6.07, 6.45) is 0. The van der Waals surface area contributed by atoms with Crippen molar-refractivity contribution in [1.82, 2.24) is 0 Å². The fourth-order valence-corrected chi connectivity index (χ4v) is 2.03. The molecule has 0 spiro atoms. The Morgan fingerprint density at radius 3 is 2.47 bits per heavy atom. The van der Waals surface area contributed by atoms with Gasteiger partial charge in [0.25, 0.3) is 0 Å². The SMILES string of the molecule is Cc1ccc(C#N)c(N(C)Cc2ccc(N)cc2)c1. The Morgan fingerprint density at radius 2 is 1.84 bits per heavy atom. The molecule has 0 unspecified atom stereocenters. The molecule has 0 aliphatic carbocycles. The van der Waals surface area contributed by atoms with Gasteiger partial charge in [-0.2, -0.15) is 5.26 Å². The summed E-state index contributed by atoms with van der Waals surface area (Å²) in [6.45, 7) is 2.78. The van der Waals surface area contributed by atoms with Gasteiger partial charge in [0, 0.05) is 19.3 Å². The van der Waals surface area contributed by atoms with Crippen molar-refractivity contribution in [3.8, 4) is 6.07 Å². The topological polar surface area (TPSA) is 53.0 Å². The highest BCUT2D eigenvalue weighted by Crippen LogP contribution is 2.22. The first-order chi connectivity index (χ1) is 9.10. The van der Waals surface area contributed by atoms with Gasteiger partial charge in [-0.05, 0) is 42.3 Å². The molecule has 96 valence electrons. The molecular formula is C16H17N3. The number of rotatable bonds is 3. The number of anilines is 2. The van der Waals surface area contributed by atoms with E-state index in [0.717, 1.165) is 23.5 Å². The molecule has 0 fully saturated rings. The summed E-state index contributed by atoms with van der Waals surface area (Å²) < 4.78 is 0. The minimum atomic E-state index is 0.698. The molecule has 0 atom stereocenters. The number of hydrogen-bond donors (Lipinski definition) is 1. The molecule has 0 amide bonds. The number of nitriles is 1. The maximum Gasteiger partial charge on any atom is 0.101 e. The van der Waals surface area contributed by atoms with Crippen molar-refractivity contribution in [2.45, 2.75) is 13.5 Å². The lowest BCUT2D eigenvalue weighted by Gasteiger charge is -2.21. The van der Waals surface area contributed by atoms with E-state index in [9.17, 15) is 0 Å². The summed E-state index contributed by atoms with van der Waals surface area (Å²) in [6, 6.07) is 15.9. The zero-order chi connectivity index (χ0) is 13.8. The van der Waals surface area contributed by atoms with E-state index >= 15 is 0 Å². The number of hydrogen-bond acceptors (Lipinski definition) is 3. The Labute approximate surface area is 113 Å². The molecule has 0 radical (unpaired) electrons. The third-order valence-electron chi connectivity index (χ3n) is 3.08. The van der Waals surface area contributed by atoms with E-state index in [-0.39, 0.29) is 0 Å². The Balaban J connectivity index is 2.25. The van der Waals surface area contributed by atoms with Crippen LogP contribution in [0.3, 0.4) is 0 Å². The van der Waals surface area contributed by atoms with Crippen molar-refractivity contribution in [3.05, 3.63) is 59.2 Å². The van der Waals surface area contributed by atoms with Crippen molar-refractivity contribution in [1.29, 1.82) is 5.26 Å². The lowest BCUT2D eigenvalue weighted by molar-refractivity contribution is 0.920. The second kappa shape index (κ2) is 5.45. The van der Waals surface area contributed by atoms with Gasteiger partial charge in [-0.3, -0.25) is 0 Å². The fourth-order valence-electron chi connectivity index (χ4n) is 2.03. The number of nitrogens with zero attached hydrogens (tertiary/aromatic N) is 2. The second-order valence-corrected chi connectivity index (χ2v) is 4.73. The average molecular weight is 251 g/mol. The van der Waals surface area contributed by atoms with Crippen LogP contribution in [0.5, 0.6) is 0 Å². The van der Waals surface area contributed by atoms with E-state index < -0.39 is 0 Å². The zero-order valence-electron chi connectivity index (χ0n) is 11.2. The summed E-state index contributed by atoms with van der Waals surface area (Å²) in [5.74, 6) is 0. The Morgan fingerprint density at radius 1 is 1.16 bits per heavy atom. The molecule has 0 saturated heterocycles. The molecule has 0 heterocycles. The number of nitrogen functional groups attached to an aromatic ring is 1. The maximum absolute atomic E-state index is 9.17. The van der Waals surface area contributed by atoms with E-state index in [1.165, 1.54) is 5.56 Å². The summed E-state index contributed by atoms with van der Waals surface area (Å²) >= 11 is 0. The first-order valence-corrected chi connectivity index (χ1v) is 6.16. The Hall–Kier alpha value is -2.47. The molecular weight excluding hydrogens is 234 g/mol. The van der Waals surface area contributed by atoms with Gasteiger partial charge >= 0.3 is 0 Å². The first kappa shape index (κ1) is 13.0. The molecule has 3 nitrogen and oxygen atoms in total. The van der Waals surface area contributed by atoms with Crippen LogP contribution in [0.15, 0.2) is 42.5 Å². The molecule has 0 aliphatic rings. The van der Waals surface area contributed by atoms with Crippen LogP contribution < -0.4 is 10.6 Å². The monoisotopic (exact) mass is 251 g/mol. The van der Waals surface area contributed by atoms with Gasteiger partial charge in [0.05, 0.1) is 11.3 Å². The minimum absolute atomic E-state index is 0.698. The first-order valence-electron chi connectivity index (χ1n) is 6.16. The molecule has 2 rings (SSSR count). The molecule has 3 heteroatoms. The minimum Gasteiger partial charge on any atom is -0.399 e. The average Bonchev–Trinajstić information content (AvgIpc) is 2.41. The summed E-state index contributed by atoms with van der Waals surface area (Å²) in [4.78, 5) is 2.08. The molecule has 0 aromatic heterocycles. The van der Waals surface area contributed by atoms with Gasteiger partial charge in [-0.15, -0.1) is 0 Å². The number of aryl methyl sites for hydroxylation is 1. The summed E-state index contributed by atoms with van der Waals surface area (Å²) in [5, 5.41) is 9.17. The van der Waals surface area contributed by atoms with Crippen LogP contribution in [0.4, 0.5) is 11.4 Å². The van der Waals surface area contributed by atoms with Gasteiger partial charge in [-0.1, -0.05) is 18.2 Å². The fraction of sp³-hybridized carbons (Fsp3) is 0.188. The van der Waals surface area contributed by atoms with Gasteiger partial charge in [0.2, 0.25) is 0 Å². The van der Waals surface area contributed by atoms with Crippen LogP contribution in [0.2, 0.25) is 0 Å². The number of benzene rings is 2. The van der Waals surface area contributed by atoms with Gasteiger partial charge < -0.3 is 10.6 Å². The Bertz CT molecular complexity index is 609. The van der Waals surface area contributed by atoms with Crippen LogP contribution in [-0.2, 0) is 6.54 Å². The highest BCUT2D eigenvalue weighted by Gasteiger charge is 2.08. The zero-order valence-corrected chi connectivity index (χ0v) is 11.2. The molecule has 0 saturated carbocycles. The lowest BCUT2D eigenvalue weighted by Crippen LogP contribution is -2.17. The maximum atomic E-state index is 9.17. The third-order valence-corrected chi connectivity index (χ3v) is 3.08. The highest BCUT2D eigenvalue weighted by atomic mass is 15.1. The van der Waals surface area contributed by atoms with Crippen LogP contribution in [0.25, 0.3) is 0 Å². The van der Waals surface area contributed by atoms with Crippen molar-refractivity contribution in [2.24, 2.45) is 0 Å². The predicted molar refractivity (Wildman–Crippen MR) is 78.9 cm³/mol. The molecule has 0 bridgehead atoms. The quantitative estimate of drug-likeness (QED) is 0.853. The normalized spacial score (nSPS) is 9.95. The Kier molecular flexibility index (Phi) is 3.72. The van der Waals surface area contributed by atoms with Gasteiger partial charge in [0.1, 0.15) is 6.07 Å². The molecule has 2 aromatic carbocycles. The highest BCUT2D eigenvalue weighted by molar-refractivity contribution is 5.60. The molecule has 2 N–H and O–H groups in total. The molecule has 19 heavy (non-hydrogen) atoms. The summed E-state index contributed by atoms with van der Waals surface area (Å²) in [5.41, 5.74) is 10.4. The van der Waals surface area contributed by atoms with Crippen LogP contribution in [0, 0.1) is 18.3 Å². The van der Waals surface area contributed by atoms with E-state index in [1.54, 1.807) is 0 Å². The lowest BCUT2D eigenvalue weighted by atomic mass is 10.1. The van der Waals surface area contributed by atoms with Crippen LogP contribution in [0.1, 0.15) is 16.7 Å². The van der Waals surface area contributed by atoms with E-state index in [4.69, 9.17) is 11.0 Å². The summed E-state index contributed by atoms with van der Waals surface area (Å²) in [7, 11) is 1.99. The third kappa shape index (κ3) is 3.05. The van der Waals surface area contributed by atoms with Crippen molar-refractivity contribution in [3.63, 3.8) is 0 Å². The van der Waals surface area contributed by atoms with Crippen LogP contribution >= 0.6 is 0 Å². The van der Waals surface area contributed by atoms with E-state index in [2.05, 4.69) is 11.0 Å². The van der Waals surface area contributed by atoms with Gasteiger partial charge in [-0.25, -0.2) is 0 Å². The second-order valence-electron chi connectivity index (χ2n) is 4.73. The van der Waals surface area contributed by atoms with Crippen LogP contribution in [-0.4, -0.2) is 7.05 Å². The van der Waals surface area contributed by atoms with Crippen molar-refractivity contribution >= 4 is 11.4 Å².